The van der Waals surface area contributed by atoms with Crippen molar-refractivity contribution in [3.63, 3.8) is 0 Å². The standard InChI is InChI=1S/C17H13N3O3/c1-11-5-6-15(21)13(8-11)16(22)12-9-19-20(10-12)17(23)14-4-2-3-7-18-14/h2-10,21H,1H3. The number of benzene rings is 1. The van der Waals surface area contributed by atoms with E-state index < -0.39 is 11.7 Å². The molecule has 6 nitrogen and oxygen atoms in total. The lowest BCUT2D eigenvalue weighted by molar-refractivity contribution is 0.0940. The van der Waals surface area contributed by atoms with Crippen LogP contribution >= 0.6 is 0 Å². The van der Waals surface area contributed by atoms with Gasteiger partial charge in [0.25, 0.3) is 5.91 Å². The average molecular weight is 307 g/mol. The quantitative estimate of drug-likeness (QED) is 0.750. The smallest absolute Gasteiger partial charge is 0.296 e. The molecule has 6 heteroatoms. The van der Waals surface area contributed by atoms with Gasteiger partial charge in [-0.1, -0.05) is 17.7 Å². The van der Waals surface area contributed by atoms with Gasteiger partial charge < -0.3 is 5.11 Å². The molecule has 0 unspecified atom stereocenters. The predicted octanol–water partition coefficient (Wildman–Crippen LogP) is 2.21. The number of phenolic OH excluding ortho intramolecular Hbond substituents is 1. The molecule has 0 aliphatic rings. The summed E-state index contributed by atoms with van der Waals surface area (Å²) < 4.78 is 1.06. The first-order valence-corrected chi connectivity index (χ1v) is 6.91. The Hall–Kier alpha value is -3.28. The van der Waals surface area contributed by atoms with Gasteiger partial charge >= 0.3 is 0 Å². The lowest BCUT2D eigenvalue weighted by Gasteiger charge is -2.03. The van der Waals surface area contributed by atoms with Crippen molar-refractivity contribution in [3.8, 4) is 5.75 Å². The van der Waals surface area contributed by atoms with Crippen LogP contribution in [0.25, 0.3) is 0 Å². The predicted molar refractivity (Wildman–Crippen MR) is 82.5 cm³/mol. The van der Waals surface area contributed by atoms with E-state index in [0.29, 0.717) is 0 Å². The second-order valence-electron chi connectivity index (χ2n) is 5.04. The molecule has 23 heavy (non-hydrogen) atoms. The van der Waals surface area contributed by atoms with Crippen LogP contribution in [0, 0.1) is 6.92 Å². The number of nitrogens with zero attached hydrogens (tertiary/aromatic N) is 3. The fourth-order valence-corrected chi connectivity index (χ4v) is 2.15. The Morgan fingerprint density at radius 1 is 1.17 bits per heavy atom. The number of hydrogen-bond donors (Lipinski definition) is 1. The molecule has 0 radical (unpaired) electrons. The molecule has 114 valence electrons. The molecule has 0 bridgehead atoms. The summed E-state index contributed by atoms with van der Waals surface area (Å²) in [6.45, 7) is 1.82. The Labute approximate surface area is 132 Å². The number of rotatable bonds is 3. The maximum absolute atomic E-state index is 12.5. The number of carbonyl (C=O) groups excluding carboxylic acids is 2. The van der Waals surface area contributed by atoms with Crippen molar-refractivity contribution < 1.29 is 14.7 Å². The van der Waals surface area contributed by atoms with Crippen LogP contribution in [0.4, 0.5) is 0 Å². The van der Waals surface area contributed by atoms with E-state index in [1.54, 1.807) is 30.3 Å². The van der Waals surface area contributed by atoms with Crippen molar-refractivity contribution in [1.29, 1.82) is 0 Å². The van der Waals surface area contributed by atoms with Crippen LogP contribution in [0.1, 0.15) is 32.0 Å². The maximum Gasteiger partial charge on any atom is 0.296 e. The third kappa shape index (κ3) is 2.87. The van der Waals surface area contributed by atoms with E-state index in [0.717, 1.165) is 10.2 Å². The van der Waals surface area contributed by atoms with E-state index in [4.69, 9.17) is 0 Å². The summed E-state index contributed by atoms with van der Waals surface area (Å²) in [6.07, 6.45) is 4.14. The van der Waals surface area contributed by atoms with Crippen molar-refractivity contribution in [2.75, 3.05) is 0 Å². The molecular weight excluding hydrogens is 294 g/mol. The van der Waals surface area contributed by atoms with Gasteiger partial charge in [0, 0.05) is 12.4 Å². The van der Waals surface area contributed by atoms with E-state index in [2.05, 4.69) is 10.1 Å². The van der Waals surface area contributed by atoms with Gasteiger partial charge in [-0.3, -0.25) is 14.6 Å². The van der Waals surface area contributed by atoms with Crippen LogP contribution in [0.2, 0.25) is 0 Å². The minimum Gasteiger partial charge on any atom is -0.507 e. The van der Waals surface area contributed by atoms with Crippen LogP contribution in [0.15, 0.2) is 55.0 Å². The summed E-state index contributed by atoms with van der Waals surface area (Å²) >= 11 is 0. The molecule has 3 aromatic rings. The van der Waals surface area contributed by atoms with Crippen LogP contribution in [0.5, 0.6) is 5.75 Å². The zero-order chi connectivity index (χ0) is 16.4. The number of aryl methyl sites for hydroxylation is 1. The molecule has 2 heterocycles. The van der Waals surface area contributed by atoms with Crippen molar-refractivity contribution in [2.24, 2.45) is 0 Å². The van der Waals surface area contributed by atoms with Gasteiger partial charge in [0.05, 0.1) is 17.3 Å². The SMILES string of the molecule is Cc1ccc(O)c(C(=O)c2cnn(C(=O)c3ccccn3)c2)c1. The van der Waals surface area contributed by atoms with Gasteiger partial charge in [0.1, 0.15) is 11.4 Å². The Morgan fingerprint density at radius 2 is 2.00 bits per heavy atom. The molecule has 0 aliphatic carbocycles. The highest BCUT2D eigenvalue weighted by atomic mass is 16.3. The molecule has 2 aromatic heterocycles. The number of aromatic nitrogens is 3. The minimum absolute atomic E-state index is 0.107. The number of aromatic hydroxyl groups is 1. The molecule has 0 aliphatic heterocycles. The Morgan fingerprint density at radius 3 is 2.74 bits per heavy atom. The van der Waals surface area contributed by atoms with Crippen molar-refractivity contribution >= 4 is 11.7 Å². The van der Waals surface area contributed by atoms with E-state index in [1.807, 2.05) is 6.92 Å². The summed E-state index contributed by atoms with van der Waals surface area (Å²) in [5, 5.41) is 13.8. The number of carbonyl (C=O) groups is 2. The third-order valence-corrected chi connectivity index (χ3v) is 3.33. The highest BCUT2D eigenvalue weighted by Gasteiger charge is 2.18. The molecule has 1 aromatic carbocycles. The molecule has 0 amide bonds. The molecule has 0 saturated heterocycles. The van der Waals surface area contributed by atoms with Crippen molar-refractivity contribution in [1.82, 2.24) is 14.8 Å². The average Bonchev–Trinajstić information content (AvgIpc) is 3.06. The van der Waals surface area contributed by atoms with E-state index in [1.165, 1.54) is 24.7 Å². The second kappa shape index (κ2) is 5.84. The fraction of sp³-hybridized carbons (Fsp3) is 0.0588. The second-order valence-corrected chi connectivity index (χ2v) is 5.04. The normalized spacial score (nSPS) is 10.5. The molecule has 0 saturated carbocycles. The zero-order valence-electron chi connectivity index (χ0n) is 12.3. The molecule has 0 spiro atoms. The van der Waals surface area contributed by atoms with Gasteiger partial charge in [0.2, 0.25) is 0 Å². The Bertz CT molecular complexity index is 885. The summed E-state index contributed by atoms with van der Waals surface area (Å²) in [6, 6.07) is 9.73. The van der Waals surface area contributed by atoms with Crippen LogP contribution in [0.3, 0.4) is 0 Å². The highest BCUT2D eigenvalue weighted by molar-refractivity contribution is 6.11. The van der Waals surface area contributed by atoms with Gasteiger partial charge in [-0.05, 0) is 31.2 Å². The van der Waals surface area contributed by atoms with Crippen molar-refractivity contribution in [3.05, 3.63) is 77.4 Å². The van der Waals surface area contributed by atoms with E-state index in [9.17, 15) is 14.7 Å². The van der Waals surface area contributed by atoms with Crippen molar-refractivity contribution in [2.45, 2.75) is 6.92 Å². The topological polar surface area (TPSA) is 85.1 Å². The minimum atomic E-state index is -0.432. The summed E-state index contributed by atoms with van der Waals surface area (Å²) in [4.78, 5) is 28.6. The number of phenols is 1. The summed E-state index contributed by atoms with van der Waals surface area (Å²) in [7, 11) is 0. The number of hydrogen-bond acceptors (Lipinski definition) is 5. The van der Waals surface area contributed by atoms with Crippen LogP contribution < -0.4 is 0 Å². The van der Waals surface area contributed by atoms with E-state index in [-0.39, 0.29) is 22.6 Å². The molecule has 3 rings (SSSR count). The lowest BCUT2D eigenvalue weighted by atomic mass is 10.0. The van der Waals surface area contributed by atoms with E-state index >= 15 is 0 Å². The number of pyridine rings is 1. The van der Waals surface area contributed by atoms with Gasteiger partial charge in [0.15, 0.2) is 5.78 Å². The monoisotopic (exact) mass is 307 g/mol. The fourth-order valence-electron chi connectivity index (χ4n) is 2.15. The van der Waals surface area contributed by atoms with Gasteiger partial charge in [-0.15, -0.1) is 0 Å². The van der Waals surface area contributed by atoms with Gasteiger partial charge in [-0.2, -0.15) is 5.10 Å². The van der Waals surface area contributed by atoms with Gasteiger partial charge in [-0.25, -0.2) is 4.68 Å². The molecule has 1 N–H and O–H groups in total. The zero-order valence-corrected chi connectivity index (χ0v) is 12.3. The summed E-state index contributed by atoms with van der Waals surface area (Å²) in [5.74, 6) is -0.936. The largest absolute Gasteiger partial charge is 0.507 e. The molecule has 0 fully saturated rings. The van der Waals surface area contributed by atoms with Crippen LogP contribution in [-0.4, -0.2) is 31.6 Å². The molecular formula is C17H13N3O3. The highest BCUT2D eigenvalue weighted by Crippen LogP contribution is 2.21. The van der Waals surface area contributed by atoms with Crippen LogP contribution in [-0.2, 0) is 0 Å². The first-order valence-electron chi connectivity index (χ1n) is 6.91. The Balaban J connectivity index is 1.91. The Kier molecular flexibility index (Phi) is 3.72. The first kappa shape index (κ1) is 14.6. The first-order chi connectivity index (χ1) is 11.1. The molecule has 0 atom stereocenters. The lowest BCUT2D eigenvalue weighted by Crippen LogP contribution is -2.14. The maximum atomic E-state index is 12.5. The third-order valence-electron chi connectivity index (χ3n) is 3.33. The number of ketones is 1. The summed E-state index contributed by atoms with van der Waals surface area (Å²) in [5.41, 5.74) is 1.47.